The molecule has 1 atom stereocenters. The molecule has 19 heavy (non-hydrogen) atoms. The Morgan fingerprint density at radius 2 is 2.32 bits per heavy atom. The first-order valence-electron chi connectivity index (χ1n) is 6.25. The van der Waals surface area contributed by atoms with Gasteiger partial charge in [0.2, 0.25) is 5.91 Å². The molecule has 1 aromatic heterocycles. The van der Waals surface area contributed by atoms with E-state index in [-0.39, 0.29) is 18.5 Å². The molecule has 1 aliphatic heterocycles. The van der Waals surface area contributed by atoms with Gasteiger partial charge in [0, 0.05) is 19.0 Å². The number of fused-ring (bicyclic) bond motifs is 1. The minimum Gasteiger partial charge on any atom is -0.480 e. The first-order chi connectivity index (χ1) is 8.99. The molecular formula is C12H18N4O3. The Bertz CT molecular complexity index is 483. The molecule has 2 heterocycles. The topological polar surface area (TPSA) is 98.3 Å². The van der Waals surface area contributed by atoms with Crippen LogP contribution < -0.4 is 5.32 Å². The molecule has 1 aliphatic rings. The molecule has 1 unspecified atom stereocenters. The van der Waals surface area contributed by atoms with Gasteiger partial charge >= 0.3 is 5.97 Å². The third-order valence-corrected chi connectivity index (χ3v) is 3.24. The Morgan fingerprint density at radius 1 is 1.58 bits per heavy atom. The highest BCUT2D eigenvalue weighted by Gasteiger charge is 2.31. The van der Waals surface area contributed by atoms with Crippen LogP contribution in [0, 0.1) is 0 Å². The van der Waals surface area contributed by atoms with Gasteiger partial charge < -0.3 is 15.0 Å². The number of nitrogens with zero attached hydrogens (tertiary/aromatic N) is 2. The van der Waals surface area contributed by atoms with Gasteiger partial charge in [-0.1, -0.05) is 0 Å². The molecule has 3 N–H and O–H groups in total. The molecule has 0 saturated carbocycles. The van der Waals surface area contributed by atoms with Crippen molar-refractivity contribution < 1.29 is 14.7 Å². The summed E-state index contributed by atoms with van der Waals surface area (Å²) < 4.78 is 0. The second-order valence-electron chi connectivity index (χ2n) is 4.92. The second-order valence-corrected chi connectivity index (χ2v) is 4.92. The molecule has 7 heteroatoms. The van der Waals surface area contributed by atoms with Crippen molar-refractivity contribution in [3.8, 4) is 0 Å². The maximum absolute atomic E-state index is 12.4. The predicted molar refractivity (Wildman–Crippen MR) is 67.4 cm³/mol. The smallest absolute Gasteiger partial charge is 0.323 e. The van der Waals surface area contributed by atoms with E-state index in [2.05, 4.69) is 15.3 Å². The average Bonchev–Trinajstić information content (AvgIpc) is 2.81. The molecule has 1 amide bonds. The number of hydrogen-bond donors (Lipinski definition) is 3. The van der Waals surface area contributed by atoms with Crippen LogP contribution >= 0.6 is 0 Å². The maximum Gasteiger partial charge on any atom is 0.323 e. The lowest BCUT2D eigenvalue weighted by Gasteiger charge is -2.31. The van der Waals surface area contributed by atoms with Crippen molar-refractivity contribution in [2.75, 3.05) is 6.54 Å². The van der Waals surface area contributed by atoms with Crippen molar-refractivity contribution in [1.29, 1.82) is 0 Å². The van der Waals surface area contributed by atoms with Crippen LogP contribution in [-0.4, -0.2) is 50.5 Å². The third-order valence-electron chi connectivity index (χ3n) is 3.24. The molecule has 2 rings (SSSR count). The maximum atomic E-state index is 12.4. The number of aromatic nitrogens is 2. The van der Waals surface area contributed by atoms with Gasteiger partial charge in [0.05, 0.1) is 23.8 Å². The highest BCUT2D eigenvalue weighted by atomic mass is 16.4. The highest BCUT2D eigenvalue weighted by molar-refractivity contribution is 5.86. The lowest BCUT2D eigenvalue weighted by molar-refractivity contribution is -0.146. The second kappa shape index (κ2) is 5.40. The molecule has 104 valence electrons. The normalized spacial score (nSPS) is 18.2. The van der Waals surface area contributed by atoms with E-state index >= 15 is 0 Å². The molecule has 0 saturated heterocycles. The summed E-state index contributed by atoms with van der Waals surface area (Å²) >= 11 is 0. The van der Waals surface area contributed by atoms with Gasteiger partial charge in [0.15, 0.2) is 0 Å². The van der Waals surface area contributed by atoms with Crippen LogP contribution in [0.4, 0.5) is 0 Å². The van der Waals surface area contributed by atoms with E-state index in [0.717, 1.165) is 11.4 Å². The van der Waals surface area contributed by atoms with Gasteiger partial charge in [-0.25, -0.2) is 4.98 Å². The van der Waals surface area contributed by atoms with E-state index in [0.29, 0.717) is 13.0 Å². The lowest BCUT2D eigenvalue weighted by Crippen LogP contribution is -2.52. The van der Waals surface area contributed by atoms with Crippen molar-refractivity contribution >= 4 is 11.9 Å². The van der Waals surface area contributed by atoms with Crippen LogP contribution in [0.2, 0.25) is 0 Å². The summed E-state index contributed by atoms with van der Waals surface area (Å²) in [5.74, 6) is -1.19. The minimum atomic E-state index is -1.00. The fourth-order valence-corrected chi connectivity index (χ4v) is 2.20. The highest BCUT2D eigenvalue weighted by Crippen LogP contribution is 2.14. The number of hydrogen-bond acceptors (Lipinski definition) is 4. The van der Waals surface area contributed by atoms with Gasteiger partial charge in [-0.2, -0.15) is 0 Å². The van der Waals surface area contributed by atoms with Gasteiger partial charge in [0.1, 0.15) is 6.54 Å². The standard InChI is InChI=1S/C12H18N4O3/c1-7(2)16(5-11(17)18)12(19)9-3-8-10(4-13-9)15-6-14-8/h6-7,9,13H,3-5H2,1-2H3,(H,14,15)(H,17,18). The zero-order valence-electron chi connectivity index (χ0n) is 11.0. The number of rotatable bonds is 4. The zero-order valence-corrected chi connectivity index (χ0v) is 11.0. The lowest BCUT2D eigenvalue weighted by atomic mass is 10.0. The van der Waals surface area contributed by atoms with Crippen LogP contribution in [0.15, 0.2) is 6.33 Å². The summed E-state index contributed by atoms with van der Waals surface area (Å²) in [5.41, 5.74) is 1.86. The van der Waals surface area contributed by atoms with Crippen LogP contribution in [0.1, 0.15) is 25.2 Å². The fourth-order valence-electron chi connectivity index (χ4n) is 2.20. The van der Waals surface area contributed by atoms with E-state index in [4.69, 9.17) is 5.11 Å². The van der Waals surface area contributed by atoms with E-state index in [9.17, 15) is 9.59 Å². The average molecular weight is 266 g/mol. The zero-order chi connectivity index (χ0) is 14.0. The molecule has 0 fully saturated rings. The summed E-state index contributed by atoms with van der Waals surface area (Å²) in [6, 6.07) is -0.552. The molecular weight excluding hydrogens is 248 g/mol. The van der Waals surface area contributed by atoms with Crippen molar-refractivity contribution in [2.45, 2.75) is 38.9 Å². The van der Waals surface area contributed by atoms with Crippen molar-refractivity contribution in [3.63, 3.8) is 0 Å². The van der Waals surface area contributed by atoms with Crippen LogP contribution in [-0.2, 0) is 22.6 Å². The number of carbonyl (C=O) groups excluding carboxylic acids is 1. The predicted octanol–water partition coefficient (Wildman–Crippen LogP) is -0.254. The molecule has 1 aromatic rings. The van der Waals surface area contributed by atoms with Crippen molar-refractivity contribution in [1.82, 2.24) is 20.2 Å². The third kappa shape index (κ3) is 2.93. The SMILES string of the molecule is CC(C)N(CC(=O)O)C(=O)C1Cc2nc[nH]c2CN1. The molecule has 0 bridgehead atoms. The van der Waals surface area contributed by atoms with Gasteiger partial charge in [-0.05, 0) is 13.8 Å². The first-order valence-corrected chi connectivity index (χ1v) is 6.25. The largest absolute Gasteiger partial charge is 0.480 e. The van der Waals surface area contributed by atoms with Crippen molar-refractivity contribution in [3.05, 3.63) is 17.7 Å². The van der Waals surface area contributed by atoms with Gasteiger partial charge in [0.25, 0.3) is 0 Å². The number of carboxylic acid groups (broad SMARTS) is 1. The Hall–Kier alpha value is -1.89. The summed E-state index contributed by atoms with van der Waals surface area (Å²) in [5, 5.41) is 12.0. The quantitative estimate of drug-likeness (QED) is 0.698. The minimum absolute atomic E-state index is 0.147. The van der Waals surface area contributed by atoms with Gasteiger partial charge in [-0.15, -0.1) is 0 Å². The van der Waals surface area contributed by atoms with Gasteiger partial charge in [-0.3, -0.25) is 14.9 Å². The number of nitrogens with one attached hydrogen (secondary N) is 2. The fraction of sp³-hybridized carbons (Fsp3) is 0.583. The monoisotopic (exact) mass is 266 g/mol. The Morgan fingerprint density at radius 3 is 2.95 bits per heavy atom. The van der Waals surface area contributed by atoms with Crippen LogP contribution in [0.3, 0.4) is 0 Å². The summed E-state index contributed by atoms with van der Waals surface area (Å²) in [4.78, 5) is 31.7. The number of amides is 1. The molecule has 7 nitrogen and oxygen atoms in total. The first kappa shape index (κ1) is 13.5. The van der Waals surface area contributed by atoms with Crippen LogP contribution in [0.5, 0.6) is 0 Å². The van der Waals surface area contributed by atoms with Crippen LogP contribution in [0.25, 0.3) is 0 Å². The van der Waals surface area contributed by atoms with Crippen molar-refractivity contribution in [2.24, 2.45) is 0 Å². The summed E-state index contributed by atoms with van der Waals surface area (Å²) in [7, 11) is 0. The van der Waals surface area contributed by atoms with E-state index in [1.165, 1.54) is 4.90 Å². The number of carboxylic acids is 1. The summed E-state index contributed by atoms with van der Waals surface area (Å²) in [6.45, 7) is 3.89. The van der Waals surface area contributed by atoms with E-state index < -0.39 is 12.0 Å². The Labute approximate surface area is 111 Å². The summed E-state index contributed by atoms with van der Waals surface area (Å²) in [6.07, 6.45) is 2.09. The molecule has 0 radical (unpaired) electrons. The van der Waals surface area contributed by atoms with E-state index in [1.807, 2.05) is 13.8 Å². The Kier molecular flexibility index (Phi) is 3.84. The number of imidazole rings is 1. The molecule has 0 aromatic carbocycles. The molecule has 0 aliphatic carbocycles. The number of carbonyl (C=O) groups is 2. The Balaban J connectivity index is 2.08. The number of aromatic amines is 1. The number of H-pyrrole nitrogens is 1. The molecule has 0 spiro atoms. The van der Waals surface area contributed by atoms with E-state index in [1.54, 1.807) is 6.33 Å². The number of aliphatic carboxylic acids is 1.